The summed E-state index contributed by atoms with van der Waals surface area (Å²) in [5, 5.41) is 10.2. The molecule has 0 aliphatic rings. The number of methoxy groups -OCH3 is 1. The van der Waals surface area contributed by atoms with Gasteiger partial charge < -0.3 is 9.84 Å². The molecule has 4 aromatic rings. The summed E-state index contributed by atoms with van der Waals surface area (Å²) < 4.78 is 5.32. The van der Waals surface area contributed by atoms with E-state index in [-0.39, 0.29) is 5.56 Å². The quantitative estimate of drug-likeness (QED) is 0.575. The molecular weight excluding hydrogens is 340 g/mol. The molecule has 2 aromatic carbocycles. The zero-order valence-corrected chi connectivity index (χ0v) is 14.6. The van der Waals surface area contributed by atoms with Crippen molar-refractivity contribution in [1.29, 1.82) is 0 Å². The molecule has 0 radical (unpaired) electrons. The number of aromatic nitrogens is 2. The number of aromatic carboxylic acids is 1. The van der Waals surface area contributed by atoms with Crippen LogP contribution in [0.4, 0.5) is 0 Å². The van der Waals surface area contributed by atoms with Gasteiger partial charge in [-0.05, 0) is 29.8 Å². The Morgan fingerprint density at radius 2 is 1.70 bits per heavy atom. The lowest BCUT2D eigenvalue weighted by molar-refractivity contribution is 0.0699. The standard InChI is InChI=1S/C22H16N2O3/c1-27-21-16(6-4-12-23-21)14-8-10-15(11-9-14)20-13-18(22(25)26)17-5-2-3-7-19(17)24-20/h2-13H,1H3,(H,25,26). The van der Waals surface area contributed by atoms with Gasteiger partial charge in [0.05, 0.1) is 23.9 Å². The fraction of sp³-hybridized carbons (Fsp3) is 0.0455. The van der Waals surface area contributed by atoms with Crippen molar-refractivity contribution >= 4 is 16.9 Å². The van der Waals surface area contributed by atoms with Crippen molar-refractivity contribution in [1.82, 2.24) is 9.97 Å². The molecule has 0 saturated carbocycles. The molecule has 132 valence electrons. The molecular formula is C22H16N2O3. The minimum atomic E-state index is -0.966. The van der Waals surface area contributed by atoms with E-state index in [0.29, 0.717) is 22.5 Å². The lowest BCUT2D eigenvalue weighted by atomic mass is 10.0. The zero-order chi connectivity index (χ0) is 18.8. The highest BCUT2D eigenvalue weighted by atomic mass is 16.5. The van der Waals surface area contributed by atoms with Gasteiger partial charge in [-0.25, -0.2) is 14.8 Å². The summed E-state index contributed by atoms with van der Waals surface area (Å²) >= 11 is 0. The number of ether oxygens (including phenoxy) is 1. The van der Waals surface area contributed by atoms with Gasteiger partial charge in [-0.1, -0.05) is 42.5 Å². The molecule has 2 heterocycles. The van der Waals surface area contributed by atoms with Crippen LogP contribution in [0.15, 0.2) is 72.9 Å². The maximum atomic E-state index is 11.7. The molecule has 0 saturated heterocycles. The maximum absolute atomic E-state index is 11.7. The van der Waals surface area contributed by atoms with Gasteiger partial charge in [0.25, 0.3) is 0 Å². The third-order valence-corrected chi connectivity index (χ3v) is 4.40. The van der Waals surface area contributed by atoms with E-state index in [1.54, 1.807) is 25.4 Å². The first-order valence-electron chi connectivity index (χ1n) is 8.40. The molecule has 0 aliphatic heterocycles. The summed E-state index contributed by atoms with van der Waals surface area (Å²) in [6.07, 6.45) is 1.68. The Kier molecular flexibility index (Phi) is 4.26. The summed E-state index contributed by atoms with van der Waals surface area (Å²) in [5.41, 5.74) is 4.22. The number of hydrogen-bond donors (Lipinski definition) is 1. The Bertz CT molecular complexity index is 1140. The van der Waals surface area contributed by atoms with E-state index in [9.17, 15) is 9.90 Å². The zero-order valence-electron chi connectivity index (χ0n) is 14.6. The summed E-state index contributed by atoms with van der Waals surface area (Å²) in [6.45, 7) is 0. The Balaban J connectivity index is 1.79. The van der Waals surface area contributed by atoms with Crippen LogP contribution in [0.25, 0.3) is 33.3 Å². The third-order valence-electron chi connectivity index (χ3n) is 4.40. The van der Waals surface area contributed by atoms with Gasteiger partial charge in [0.2, 0.25) is 5.88 Å². The molecule has 0 unspecified atom stereocenters. The lowest BCUT2D eigenvalue weighted by Crippen LogP contribution is -2.00. The van der Waals surface area contributed by atoms with Crippen LogP contribution in [0.3, 0.4) is 0 Å². The van der Waals surface area contributed by atoms with Crippen LogP contribution in [-0.4, -0.2) is 28.2 Å². The second-order valence-electron chi connectivity index (χ2n) is 6.01. The largest absolute Gasteiger partial charge is 0.481 e. The minimum Gasteiger partial charge on any atom is -0.481 e. The number of nitrogens with zero attached hydrogens (tertiary/aromatic N) is 2. The molecule has 0 bridgehead atoms. The van der Waals surface area contributed by atoms with E-state index in [4.69, 9.17) is 4.74 Å². The van der Waals surface area contributed by atoms with Gasteiger partial charge in [0.15, 0.2) is 0 Å². The highest BCUT2D eigenvalue weighted by Crippen LogP contribution is 2.30. The first kappa shape index (κ1) is 16.7. The first-order valence-corrected chi connectivity index (χ1v) is 8.40. The molecule has 27 heavy (non-hydrogen) atoms. The molecule has 2 aromatic heterocycles. The van der Waals surface area contributed by atoms with Crippen LogP contribution in [0.1, 0.15) is 10.4 Å². The van der Waals surface area contributed by atoms with Crippen molar-refractivity contribution in [2.45, 2.75) is 0 Å². The second-order valence-corrected chi connectivity index (χ2v) is 6.01. The summed E-state index contributed by atoms with van der Waals surface area (Å²) in [5.74, 6) is -0.409. The van der Waals surface area contributed by atoms with Gasteiger partial charge in [-0.2, -0.15) is 0 Å². The summed E-state index contributed by atoms with van der Waals surface area (Å²) in [4.78, 5) is 20.5. The Labute approximate surface area is 155 Å². The number of fused-ring (bicyclic) bond motifs is 1. The average Bonchev–Trinajstić information content (AvgIpc) is 2.73. The highest BCUT2D eigenvalue weighted by Gasteiger charge is 2.13. The molecule has 4 rings (SSSR count). The fourth-order valence-electron chi connectivity index (χ4n) is 3.09. The molecule has 5 heteroatoms. The van der Waals surface area contributed by atoms with Gasteiger partial charge in [0.1, 0.15) is 0 Å². The first-order chi connectivity index (χ1) is 13.2. The van der Waals surface area contributed by atoms with Crippen molar-refractivity contribution in [3.05, 3.63) is 78.5 Å². The molecule has 0 aliphatic carbocycles. The van der Waals surface area contributed by atoms with Crippen molar-refractivity contribution in [3.8, 4) is 28.3 Å². The highest BCUT2D eigenvalue weighted by molar-refractivity contribution is 6.03. The van der Waals surface area contributed by atoms with Crippen LogP contribution in [0.2, 0.25) is 0 Å². The van der Waals surface area contributed by atoms with E-state index in [0.717, 1.165) is 16.7 Å². The van der Waals surface area contributed by atoms with E-state index in [1.807, 2.05) is 54.6 Å². The normalized spacial score (nSPS) is 10.7. The number of pyridine rings is 2. The van der Waals surface area contributed by atoms with Crippen LogP contribution in [0.5, 0.6) is 5.88 Å². The number of hydrogen-bond acceptors (Lipinski definition) is 4. The predicted molar refractivity (Wildman–Crippen MR) is 104 cm³/mol. The monoisotopic (exact) mass is 356 g/mol. The second kappa shape index (κ2) is 6.88. The van der Waals surface area contributed by atoms with Crippen LogP contribution in [0, 0.1) is 0 Å². The number of para-hydroxylation sites is 1. The lowest BCUT2D eigenvalue weighted by Gasteiger charge is -2.09. The van der Waals surface area contributed by atoms with Crippen LogP contribution < -0.4 is 4.74 Å². The SMILES string of the molecule is COc1ncccc1-c1ccc(-c2cc(C(=O)O)c3ccccc3n2)cc1. The van der Waals surface area contributed by atoms with E-state index < -0.39 is 5.97 Å². The van der Waals surface area contributed by atoms with Crippen molar-refractivity contribution in [2.75, 3.05) is 7.11 Å². The van der Waals surface area contributed by atoms with Gasteiger partial charge in [-0.3, -0.25) is 0 Å². The van der Waals surface area contributed by atoms with Gasteiger partial charge in [-0.15, -0.1) is 0 Å². The molecule has 1 N–H and O–H groups in total. The van der Waals surface area contributed by atoms with Crippen molar-refractivity contribution in [2.24, 2.45) is 0 Å². The fourth-order valence-corrected chi connectivity index (χ4v) is 3.09. The summed E-state index contributed by atoms with van der Waals surface area (Å²) in [7, 11) is 1.59. The van der Waals surface area contributed by atoms with E-state index >= 15 is 0 Å². The smallest absolute Gasteiger partial charge is 0.336 e. The van der Waals surface area contributed by atoms with Crippen molar-refractivity contribution in [3.63, 3.8) is 0 Å². The number of rotatable bonds is 4. The Hall–Kier alpha value is -3.73. The van der Waals surface area contributed by atoms with E-state index in [2.05, 4.69) is 9.97 Å². The molecule has 0 fully saturated rings. The average molecular weight is 356 g/mol. The molecule has 0 amide bonds. The predicted octanol–water partition coefficient (Wildman–Crippen LogP) is 4.67. The number of carboxylic acid groups (broad SMARTS) is 1. The summed E-state index contributed by atoms with van der Waals surface area (Å²) in [6, 6.07) is 20.4. The Morgan fingerprint density at radius 3 is 2.44 bits per heavy atom. The van der Waals surface area contributed by atoms with Gasteiger partial charge in [0, 0.05) is 22.7 Å². The van der Waals surface area contributed by atoms with E-state index in [1.165, 1.54) is 0 Å². The molecule has 0 atom stereocenters. The topological polar surface area (TPSA) is 72.3 Å². The van der Waals surface area contributed by atoms with Crippen molar-refractivity contribution < 1.29 is 14.6 Å². The number of carboxylic acids is 1. The van der Waals surface area contributed by atoms with Crippen LogP contribution >= 0.6 is 0 Å². The Morgan fingerprint density at radius 1 is 0.963 bits per heavy atom. The van der Waals surface area contributed by atoms with Gasteiger partial charge >= 0.3 is 5.97 Å². The maximum Gasteiger partial charge on any atom is 0.336 e. The minimum absolute atomic E-state index is 0.244. The number of carbonyl (C=O) groups is 1. The molecule has 5 nitrogen and oxygen atoms in total. The number of benzene rings is 2. The molecule has 0 spiro atoms. The third kappa shape index (κ3) is 3.11. The van der Waals surface area contributed by atoms with Crippen LogP contribution in [-0.2, 0) is 0 Å².